The van der Waals surface area contributed by atoms with Gasteiger partial charge in [0.25, 0.3) is 0 Å². The van der Waals surface area contributed by atoms with Crippen LogP contribution in [-0.2, 0) is 30.4 Å². The van der Waals surface area contributed by atoms with Gasteiger partial charge in [0.05, 0.1) is 5.69 Å². The van der Waals surface area contributed by atoms with Gasteiger partial charge in [0.15, 0.2) is 0 Å². The van der Waals surface area contributed by atoms with Crippen LogP contribution in [0.3, 0.4) is 0 Å². The molecule has 3 aromatic carbocycles. The molecule has 0 amide bonds. The molecule has 0 saturated carbocycles. The highest BCUT2D eigenvalue weighted by molar-refractivity contribution is 7.06. The summed E-state index contributed by atoms with van der Waals surface area (Å²) in [4.78, 5) is 10.2. The van der Waals surface area contributed by atoms with Crippen LogP contribution >= 0.6 is 11.5 Å². The summed E-state index contributed by atoms with van der Waals surface area (Å²) in [5, 5.41) is 10.5. The van der Waals surface area contributed by atoms with Gasteiger partial charge >= 0.3 is 12.1 Å². The van der Waals surface area contributed by atoms with E-state index in [1.165, 1.54) is 0 Å². The van der Waals surface area contributed by atoms with Crippen LogP contribution in [0, 0.1) is 0 Å². The maximum Gasteiger partial charge on any atom is 0.427 e. The lowest BCUT2D eigenvalue weighted by Crippen LogP contribution is -2.08. The van der Waals surface area contributed by atoms with E-state index in [0.717, 1.165) is 28.3 Å². The van der Waals surface area contributed by atoms with E-state index in [9.17, 15) is 18.0 Å². The van der Waals surface area contributed by atoms with Gasteiger partial charge in [-0.2, -0.15) is 17.5 Å². The third kappa shape index (κ3) is 5.07. The molecule has 0 unspecified atom stereocenters. The molecule has 8 heteroatoms. The number of rotatable bonds is 8. The number of carboxylic acids is 1. The van der Waals surface area contributed by atoms with E-state index in [-0.39, 0.29) is 24.3 Å². The lowest BCUT2D eigenvalue weighted by atomic mass is 10.00. The van der Waals surface area contributed by atoms with Crippen molar-refractivity contribution in [2.45, 2.75) is 39.0 Å². The Morgan fingerprint density at radius 1 is 1.03 bits per heavy atom. The highest BCUT2D eigenvalue weighted by atomic mass is 32.1. The number of benzene rings is 3. The first kappa shape index (κ1) is 23.8. The number of aryl methyl sites for hydroxylation is 2. The van der Waals surface area contributed by atoms with Crippen LogP contribution in [0.5, 0.6) is 5.75 Å². The van der Waals surface area contributed by atoms with E-state index in [0.29, 0.717) is 29.3 Å². The summed E-state index contributed by atoms with van der Waals surface area (Å²) in [6.45, 7) is 1.71. The second-order valence-electron chi connectivity index (χ2n) is 7.84. The van der Waals surface area contributed by atoms with Gasteiger partial charge in [-0.3, -0.25) is 4.79 Å². The lowest BCUT2D eigenvalue weighted by molar-refractivity contribution is -0.137. The third-order valence-corrected chi connectivity index (χ3v) is 6.57. The van der Waals surface area contributed by atoms with Gasteiger partial charge in [0.2, 0.25) is 0 Å². The summed E-state index contributed by atoms with van der Waals surface area (Å²) in [5.41, 5.74) is 2.80. The van der Waals surface area contributed by atoms with Crippen molar-refractivity contribution in [2.75, 3.05) is 0 Å². The molecule has 0 atom stereocenters. The van der Waals surface area contributed by atoms with Crippen LogP contribution in [0.4, 0.5) is 13.2 Å². The van der Waals surface area contributed by atoms with Gasteiger partial charge in [-0.25, -0.2) is 0 Å². The van der Waals surface area contributed by atoms with E-state index in [2.05, 4.69) is 4.37 Å². The number of aromatic nitrogens is 1. The van der Waals surface area contributed by atoms with E-state index in [1.54, 1.807) is 24.3 Å². The molecular formula is C26H22F3NO3S. The fourth-order valence-corrected chi connectivity index (χ4v) is 4.63. The van der Waals surface area contributed by atoms with Crippen molar-refractivity contribution in [1.29, 1.82) is 0 Å². The number of alkyl halides is 3. The first-order valence-corrected chi connectivity index (χ1v) is 11.6. The Kier molecular flexibility index (Phi) is 6.88. The fourth-order valence-electron chi connectivity index (χ4n) is 3.86. The van der Waals surface area contributed by atoms with Crippen molar-refractivity contribution in [3.05, 3.63) is 82.2 Å². The molecule has 4 nitrogen and oxygen atoms in total. The molecule has 4 aromatic rings. The van der Waals surface area contributed by atoms with Crippen molar-refractivity contribution >= 4 is 28.3 Å². The molecule has 0 aliphatic carbocycles. The number of halogens is 3. The minimum absolute atomic E-state index is 0.000725. The quantitative estimate of drug-likeness (QED) is 0.288. The average Bonchev–Trinajstić information content (AvgIpc) is 3.26. The van der Waals surface area contributed by atoms with Crippen LogP contribution in [-0.4, -0.2) is 15.4 Å². The highest BCUT2D eigenvalue weighted by Crippen LogP contribution is 2.40. The molecule has 0 aliphatic heterocycles. The van der Waals surface area contributed by atoms with E-state index in [4.69, 9.17) is 9.84 Å². The first-order chi connectivity index (χ1) is 16.3. The largest absolute Gasteiger partial charge is 0.488 e. The Labute approximate surface area is 198 Å². The number of ether oxygens (including phenoxy) is 1. The van der Waals surface area contributed by atoms with Gasteiger partial charge in [-0.1, -0.05) is 61.5 Å². The molecule has 176 valence electrons. The number of hydrogen-bond acceptors (Lipinski definition) is 4. The predicted molar refractivity (Wildman–Crippen MR) is 126 cm³/mol. The maximum atomic E-state index is 13.7. The molecule has 1 N–H and O–H groups in total. The molecule has 1 aromatic heterocycles. The van der Waals surface area contributed by atoms with Crippen molar-refractivity contribution in [3.63, 3.8) is 0 Å². The van der Waals surface area contributed by atoms with Gasteiger partial charge < -0.3 is 9.84 Å². The zero-order chi connectivity index (χ0) is 24.3. The summed E-state index contributed by atoms with van der Waals surface area (Å²) in [5.74, 6) is -0.463. The van der Waals surface area contributed by atoms with E-state index >= 15 is 0 Å². The molecule has 0 saturated heterocycles. The number of carbonyl (C=O) groups is 1. The molecule has 1 heterocycles. The minimum Gasteiger partial charge on any atom is -0.488 e. The Morgan fingerprint density at radius 2 is 1.74 bits per heavy atom. The van der Waals surface area contributed by atoms with Crippen LogP contribution < -0.4 is 4.74 Å². The van der Waals surface area contributed by atoms with E-state index in [1.807, 2.05) is 43.3 Å². The lowest BCUT2D eigenvalue weighted by Gasteiger charge is -2.14. The van der Waals surface area contributed by atoms with Crippen molar-refractivity contribution in [2.24, 2.45) is 0 Å². The fraction of sp³-hybridized carbons (Fsp3) is 0.231. The molecule has 0 bridgehead atoms. The smallest absolute Gasteiger partial charge is 0.427 e. The Balaban J connectivity index is 1.69. The molecule has 34 heavy (non-hydrogen) atoms. The number of hydrogen-bond donors (Lipinski definition) is 1. The first-order valence-electron chi connectivity index (χ1n) is 10.8. The normalized spacial score (nSPS) is 11.6. The standard InChI is InChI=1S/C26H22F3NO3S/c1-2-16-7-9-18(10-8-16)24-21(25(34-30-24)26(27,28)29)15-33-22-13-11-17(12-14-23(31)32)19-5-3-4-6-20(19)22/h3-11,13H,2,12,14-15H2,1H3,(H,31,32). The van der Waals surface area contributed by atoms with Crippen LogP contribution in [0.1, 0.15) is 34.9 Å². The van der Waals surface area contributed by atoms with Crippen molar-refractivity contribution in [3.8, 4) is 17.0 Å². The van der Waals surface area contributed by atoms with Crippen LogP contribution in [0.25, 0.3) is 22.0 Å². The zero-order valence-electron chi connectivity index (χ0n) is 18.4. The number of nitrogens with zero attached hydrogens (tertiary/aromatic N) is 1. The molecule has 0 aliphatic rings. The number of fused-ring (bicyclic) bond motifs is 1. The summed E-state index contributed by atoms with van der Waals surface area (Å²) < 4.78 is 51.3. The van der Waals surface area contributed by atoms with Crippen LogP contribution in [0.2, 0.25) is 0 Å². The zero-order valence-corrected chi connectivity index (χ0v) is 19.2. The summed E-state index contributed by atoms with van der Waals surface area (Å²) in [7, 11) is 0. The predicted octanol–water partition coefficient (Wildman–Crippen LogP) is 7.14. The Bertz CT molecular complexity index is 1310. The van der Waals surface area contributed by atoms with Crippen molar-refractivity contribution < 1.29 is 27.8 Å². The van der Waals surface area contributed by atoms with Gasteiger partial charge in [0.1, 0.15) is 17.2 Å². The average molecular weight is 486 g/mol. The van der Waals surface area contributed by atoms with Gasteiger partial charge in [0, 0.05) is 22.9 Å². The molecule has 0 spiro atoms. The Hall–Kier alpha value is -3.39. The van der Waals surface area contributed by atoms with Gasteiger partial charge in [-0.05, 0) is 47.0 Å². The second-order valence-corrected chi connectivity index (χ2v) is 8.61. The highest BCUT2D eigenvalue weighted by Gasteiger charge is 2.38. The Morgan fingerprint density at radius 3 is 2.38 bits per heavy atom. The SMILES string of the molecule is CCc1ccc(-c2nsc(C(F)(F)F)c2COc2ccc(CCC(=O)O)c3ccccc23)cc1. The monoisotopic (exact) mass is 485 g/mol. The summed E-state index contributed by atoms with van der Waals surface area (Å²) in [6.07, 6.45) is -3.38. The topological polar surface area (TPSA) is 59.4 Å². The van der Waals surface area contributed by atoms with Gasteiger partial charge in [-0.15, -0.1) is 0 Å². The summed E-state index contributed by atoms with van der Waals surface area (Å²) >= 11 is 0.428. The number of aliphatic carboxylic acids is 1. The maximum absolute atomic E-state index is 13.7. The second kappa shape index (κ2) is 9.85. The molecular weight excluding hydrogens is 463 g/mol. The minimum atomic E-state index is -4.54. The number of carboxylic acid groups (broad SMARTS) is 1. The third-order valence-electron chi connectivity index (χ3n) is 5.64. The van der Waals surface area contributed by atoms with Crippen molar-refractivity contribution in [1.82, 2.24) is 4.37 Å². The van der Waals surface area contributed by atoms with E-state index < -0.39 is 17.0 Å². The molecule has 0 radical (unpaired) electrons. The molecule has 0 fully saturated rings. The van der Waals surface area contributed by atoms with Crippen LogP contribution in [0.15, 0.2) is 60.7 Å². The molecule has 4 rings (SSSR count). The summed E-state index contributed by atoms with van der Waals surface area (Å²) in [6, 6.07) is 18.1.